The number of hydrogen-bond acceptors (Lipinski definition) is 4. The zero-order valence-corrected chi connectivity index (χ0v) is 22.0. The van der Waals surface area contributed by atoms with Gasteiger partial charge >= 0.3 is 0 Å². The smallest absolute Gasteiger partial charge is 0.191 e. The number of hydrogen-bond donors (Lipinski definition) is 2. The third-order valence-corrected chi connectivity index (χ3v) is 6.20. The van der Waals surface area contributed by atoms with Crippen molar-refractivity contribution in [2.45, 2.75) is 24.7 Å². The van der Waals surface area contributed by atoms with Gasteiger partial charge in [0.15, 0.2) is 17.5 Å². The highest BCUT2D eigenvalue weighted by atomic mass is 127. The number of halogens is 2. The van der Waals surface area contributed by atoms with Crippen LogP contribution in [0.3, 0.4) is 0 Å². The van der Waals surface area contributed by atoms with Crippen LogP contribution in [0.5, 0.6) is 11.5 Å². The van der Waals surface area contributed by atoms with Crippen molar-refractivity contribution in [3.05, 3.63) is 58.6 Å². The van der Waals surface area contributed by atoms with Crippen molar-refractivity contribution in [3.63, 3.8) is 0 Å². The fourth-order valence-electron chi connectivity index (χ4n) is 4.03. The van der Waals surface area contributed by atoms with Crippen LogP contribution in [0.25, 0.3) is 0 Å². The average Bonchev–Trinajstić information content (AvgIpc) is 2.82. The Hall–Kier alpha value is -1.71. The summed E-state index contributed by atoms with van der Waals surface area (Å²) in [7, 11) is 5.08. The molecule has 1 aliphatic rings. The molecule has 8 heteroatoms. The van der Waals surface area contributed by atoms with E-state index in [4.69, 9.17) is 25.8 Å². The van der Waals surface area contributed by atoms with Crippen LogP contribution in [0.1, 0.15) is 24.0 Å². The number of aliphatic imine (C=N–C) groups is 1. The van der Waals surface area contributed by atoms with Gasteiger partial charge in [-0.1, -0.05) is 35.9 Å². The van der Waals surface area contributed by atoms with Crippen molar-refractivity contribution in [1.82, 2.24) is 10.6 Å². The molecular weight excluding hydrogens is 541 g/mol. The minimum Gasteiger partial charge on any atom is -0.493 e. The van der Waals surface area contributed by atoms with E-state index in [1.54, 1.807) is 21.3 Å². The van der Waals surface area contributed by atoms with E-state index in [1.807, 2.05) is 30.3 Å². The molecule has 1 fully saturated rings. The molecule has 1 aliphatic heterocycles. The number of ether oxygens (including phenoxy) is 3. The summed E-state index contributed by atoms with van der Waals surface area (Å²) in [5, 5.41) is 7.73. The predicted octanol–water partition coefficient (Wildman–Crippen LogP) is 4.43. The first-order chi connectivity index (χ1) is 15.1. The van der Waals surface area contributed by atoms with Crippen LogP contribution in [-0.2, 0) is 16.6 Å². The summed E-state index contributed by atoms with van der Waals surface area (Å²) in [5.41, 5.74) is 2.27. The number of methoxy groups -OCH3 is 2. The fourth-order valence-corrected chi connectivity index (χ4v) is 4.37. The first-order valence-electron chi connectivity index (χ1n) is 10.6. The van der Waals surface area contributed by atoms with Gasteiger partial charge in [-0.3, -0.25) is 4.99 Å². The highest BCUT2D eigenvalue weighted by molar-refractivity contribution is 14.0. The van der Waals surface area contributed by atoms with Crippen LogP contribution in [0.15, 0.2) is 47.5 Å². The molecule has 1 heterocycles. The van der Waals surface area contributed by atoms with Crippen molar-refractivity contribution in [1.29, 1.82) is 0 Å². The average molecular weight is 574 g/mol. The normalized spacial score (nSPS) is 15.4. The van der Waals surface area contributed by atoms with Gasteiger partial charge in [-0.25, -0.2) is 0 Å². The van der Waals surface area contributed by atoms with Gasteiger partial charge in [0.05, 0.1) is 14.2 Å². The predicted molar refractivity (Wildman–Crippen MR) is 141 cm³/mol. The molecule has 6 nitrogen and oxygen atoms in total. The van der Waals surface area contributed by atoms with E-state index in [9.17, 15) is 0 Å². The largest absolute Gasteiger partial charge is 0.493 e. The van der Waals surface area contributed by atoms with Crippen LogP contribution in [0, 0.1) is 0 Å². The zero-order valence-electron chi connectivity index (χ0n) is 18.9. The second kappa shape index (κ2) is 13.1. The van der Waals surface area contributed by atoms with E-state index >= 15 is 0 Å². The van der Waals surface area contributed by atoms with Gasteiger partial charge in [0.1, 0.15) is 0 Å². The van der Waals surface area contributed by atoms with Crippen LogP contribution in [0.2, 0.25) is 5.02 Å². The summed E-state index contributed by atoms with van der Waals surface area (Å²) >= 11 is 6.56. The SMILES string of the molecule is CN=C(NCCc1ccc(OC)c(OC)c1)NCC1(c2ccccc2Cl)CCOCC1.I. The van der Waals surface area contributed by atoms with E-state index < -0.39 is 0 Å². The molecule has 0 saturated carbocycles. The summed E-state index contributed by atoms with van der Waals surface area (Å²) in [4.78, 5) is 4.40. The quantitative estimate of drug-likeness (QED) is 0.278. The number of rotatable bonds is 8. The monoisotopic (exact) mass is 573 g/mol. The van der Waals surface area contributed by atoms with Crippen molar-refractivity contribution in [2.75, 3.05) is 47.6 Å². The molecule has 176 valence electrons. The Bertz CT molecular complexity index is 889. The number of benzene rings is 2. The second-order valence-electron chi connectivity index (χ2n) is 7.66. The maximum Gasteiger partial charge on any atom is 0.191 e. The number of guanidine groups is 1. The van der Waals surface area contributed by atoms with Crippen molar-refractivity contribution >= 4 is 41.5 Å². The molecule has 0 radical (unpaired) electrons. The third kappa shape index (κ3) is 6.65. The van der Waals surface area contributed by atoms with E-state index in [0.29, 0.717) is 0 Å². The highest BCUT2D eigenvalue weighted by Gasteiger charge is 2.36. The number of nitrogens with one attached hydrogen (secondary N) is 2. The molecule has 0 aliphatic carbocycles. The topological polar surface area (TPSA) is 64.1 Å². The Morgan fingerprint density at radius 1 is 1.06 bits per heavy atom. The minimum atomic E-state index is -0.0719. The first kappa shape index (κ1) is 26.5. The van der Waals surface area contributed by atoms with Gasteiger partial charge in [0, 0.05) is 43.8 Å². The summed E-state index contributed by atoms with van der Waals surface area (Å²) < 4.78 is 16.3. The zero-order chi connectivity index (χ0) is 22.1. The minimum absolute atomic E-state index is 0. The molecule has 1 saturated heterocycles. The van der Waals surface area contributed by atoms with Crippen LogP contribution >= 0.6 is 35.6 Å². The molecule has 0 atom stereocenters. The summed E-state index contributed by atoms with van der Waals surface area (Å²) in [6.07, 6.45) is 2.68. The fraction of sp³-hybridized carbons (Fsp3) is 0.458. The van der Waals surface area contributed by atoms with Crippen molar-refractivity contribution < 1.29 is 14.2 Å². The lowest BCUT2D eigenvalue weighted by atomic mass is 9.74. The molecule has 0 unspecified atom stereocenters. The standard InChI is InChI=1S/C24H32ClN3O3.HI/c1-26-23(27-13-10-18-8-9-21(29-2)22(16-18)30-3)28-17-24(11-14-31-15-12-24)19-6-4-5-7-20(19)25;/h4-9,16H,10-15,17H2,1-3H3,(H2,26,27,28);1H. The molecule has 2 aromatic rings. The molecule has 0 bridgehead atoms. The van der Waals surface area contributed by atoms with Crippen LogP contribution < -0.4 is 20.1 Å². The molecule has 3 rings (SSSR count). The first-order valence-corrected chi connectivity index (χ1v) is 11.0. The lowest BCUT2D eigenvalue weighted by Gasteiger charge is -2.38. The van der Waals surface area contributed by atoms with Gasteiger partial charge in [0.2, 0.25) is 0 Å². The van der Waals surface area contributed by atoms with Crippen molar-refractivity contribution in [3.8, 4) is 11.5 Å². The van der Waals surface area contributed by atoms with Gasteiger partial charge in [-0.2, -0.15) is 0 Å². The Morgan fingerprint density at radius 2 is 1.78 bits per heavy atom. The van der Waals surface area contributed by atoms with Crippen molar-refractivity contribution in [2.24, 2.45) is 4.99 Å². The van der Waals surface area contributed by atoms with Crippen LogP contribution in [0.4, 0.5) is 0 Å². The molecule has 32 heavy (non-hydrogen) atoms. The van der Waals surface area contributed by atoms with Gasteiger partial charge in [-0.05, 0) is 48.6 Å². The highest BCUT2D eigenvalue weighted by Crippen LogP contribution is 2.38. The van der Waals surface area contributed by atoms with Gasteiger partial charge in [0.25, 0.3) is 0 Å². The van der Waals surface area contributed by atoms with E-state index in [1.165, 1.54) is 5.56 Å². The third-order valence-electron chi connectivity index (χ3n) is 5.87. The summed E-state index contributed by atoms with van der Waals surface area (Å²) in [6.45, 7) is 2.96. The second-order valence-corrected chi connectivity index (χ2v) is 8.07. The molecule has 2 N–H and O–H groups in total. The number of nitrogens with zero attached hydrogens (tertiary/aromatic N) is 1. The Kier molecular flexibility index (Phi) is 10.9. The van der Waals surface area contributed by atoms with E-state index in [-0.39, 0.29) is 29.4 Å². The Labute approximate surface area is 213 Å². The van der Waals surface area contributed by atoms with Crippen LogP contribution in [-0.4, -0.2) is 53.5 Å². The Morgan fingerprint density at radius 3 is 2.44 bits per heavy atom. The maximum absolute atomic E-state index is 6.56. The van der Waals surface area contributed by atoms with E-state index in [0.717, 1.165) is 73.6 Å². The van der Waals surface area contributed by atoms with E-state index in [2.05, 4.69) is 27.8 Å². The maximum atomic E-state index is 6.56. The Balaban J connectivity index is 0.00000363. The molecular formula is C24H33ClIN3O3. The molecule has 2 aromatic carbocycles. The summed E-state index contributed by atoms with van der Waals surface area (Å²) in [5.74, 6) is 2.25. The lowest BCUT2D eigenvalue weighted by molar-refractivity contribution is 0.0514. The molecule has 0 aromatic heterocycles. The molecule has 0 spiro atoms. The summed E-state index contributed by atoms with van der Waals surface area (Å²) in [6, 6.07) is 14.1. The van der Waals surface area contributed by atoms with Gasteiger partial charge < -0.3 is 24.8 Å². The van der Waals surface area contributed by atoms with Gasteiger partial charge in [-0.15, -0.1) is 24.0 Å². The molecule has 0 amide bonds. The lowest BCUT2D eigenvalue weighted by Crippen LogP contribution is -2.48.